The minimum absolute atomic E-state index is 0.00683. The van der Waals surface area contributed by atoms with Gasteiger partial charge in [0, 0.05) is 49.1 Å². The average molecular weight is 625 g/mol. The van der Waals surface area contributed by atoms with Crippen molar-refractivity contribution in [2.75, 3.05) is 31.1 Å². The Kier molecular flexibility index (Phi) is 8.31. The molecule has 0 bridgehead atoms. The van der Waals surface area contributed by atoms with Crippen LogP contribution in [0.3, 0.4) is 0 Å². The van der Waals surface area contributed by atoms with Gasteiger partial charge in [-0.15, -0.1) is 0 Å². The van der Waals surface area contributed by atoms with E-state index in [9.17, 15) is 14.0 Å². The van der Waals surface area contributed by atoms with Crippen LogP contribution in [0.1, 0.15) is 69.6 Å². The first-order valence-electron chi connectivity index (χ1n) is 16.2. The molecule has 3 fully saturated rings. The van der Waals surface area contributed by atoms with Crippen LogP contribution < -0.4 is 15.9 Å². The number of amides is 1. The van der Waals surface area contributed by atoms with E-state index in [4.69, 9.17) is 9.31 Å². The fourth-order valence-corrected chi connectivity index (χ4v) is 6.65. The molecule has 1 amide bonds. The lowest BCUT2D eigenvalue weighted by molar-refractivity contribution is 0.00578. The molecule has 10 heteroatoms. The Morgan fingerprint density at radius 3 is 2.26 bits per heavy atom. The molecule has 3 saturated heterocycles. The molecule has 46 heavy (non-hydrogen) atoms. The maximum Gasteiger partial charge on any atom is 0.494 e. The summed E-state index contributed by atoms with van der Waals surface area (Å²) in [5.74, 6) is -0.818. The average Bonchev–Trinajstić information content (AvgIpc) is 3.58. The Balaban J connectivity index is 0.00000182. The fraction of sp³-hybridized carbons (Fsp3) is 0.417. The van der Waals surface area contributed by atoms with Gasteiger partial charge in [0.1, 0.15) is 5.82 Å². The molecule has 1 aromatic heterocycles. The molecule has 0 atom stereocenters. The van der Waals surface area contributed by atoms with Gasteiger partial charge >= 0.3 is 7.12 Å². The number of nitrogens with one attached hydrogen (secondary N) is 1. The largest absolute Gasteiger partial charge is 0.494 e. The zero-order valence-electron chi connectivity index (χ0n) is 27.5. The molecule has 3 aromatic carbocycles. The van der Waals surface area contributed by atoms with Gasteiger partial charge in [-0.3, -0.25) is 9.59 Å². The molecule has 0 saturated carbocycles. The summed E-state index contributed by atoms with van der Waals surface area (Å²) in [7, 11) is -0.391. The normalized spacial score (nSPS) is 19.2. The molecule has 240 valence electrons. The quantitative estimate of drug-likeness (QED) is 0.302. The van der Waals surface area contributed by atoms with E-state index in [0.29, 0.717) is 30.6 Å². The van der Waals surface area contributed by atoms with E-state index in [0.717, 1.165) is 41.6 Å². The number of benzene rings is 3. The van der Waals surface area contributed by atoms with Gasteiger partial charge in [-0.05, 0) is 75.5 Å². The van der Waals surface area contributed by atoms with E-state index < -0.39 is 12.9 Å². The summed E-state index contributed by atoms with van der Waals surface area (Å²) >= 11 is 0. The molecule has 4 aromatic rings. The van der Waals surface area contributed by atoms with Crippen LogP contribution in [0.2, 0.25) is 0 Å². The van der Waals surface area contributed by atoms with Crippen LogP contribution in [0, 0.1) is 11.2 Å². The fourth-order valence-electron chi connectivity index (χ4n) is 6.65. The summed E-state index contributed by atoms with van der Waals surface area (Å²) in [6, 6.07) is 20.2. The topological polar surface area (TPSA) is 87.8 Å². The highest BCUT2D eigenvalue weighted by molar-refractivity contribution is 6.62. The van der Waals surface area contributed by atoms with Crippen molar-refractivity contribution in [3.05, 3.63) is 99.7 Å². The predicted octanol–water partition coefficient (Wildman–Crippen LogP) is 5.33. The molecule has 7 rings (SSSR count). The maximum atomic E-state index is 15.0. The first kappa shape index (κ1) is 31.9. The number of fused-ring (bicyclic) bond motifs is 1. The third-order valence-corrected chi connectivity index (χ3v) is 9.97. The van der Waals surface area contributed by atoms with Crippen LogP contribution in [-0.2, 0) is 15.7 Å². The number of carbonyl (C=O) groups excluding carboxylic acids is 1. The van der Waals surface area contributed by atoms with E-state index >= 15 is 0 Å². The van der Waals surface area contributed by atoms with E-state index in [1.54, 1.807) is 29.2 Å². The van der Waals surface area contributed by atoms with Gasteiger partial charge in [-0.1, -0.05) is 50.2 Å². The van der Waals surface area contributed by atoms with Crippen molar-refractivity contribution in [1.82, 2.24) is 15.1 Å². The molecule has 0 unspecified atom stereocenters. The second-order valence-electron chi connectivity index (χ2n) is 13.5. The number of anilines is 1. The second-order valence-corrected chi connectivity index (χ2v) is 13.5. The van der Waals surface area contributed by atoms with E-state index in [1.165, 1.54) is 6.07 Å². The Bertz CT molecular complexity index is 1800. The van der Waals surface area contributed by atoms with Gasteiger partial charge in [0.2, 0.25) is 0 Å². The lowest BCUT2D eigenvalue weighted by Gasteiger charge is -2.49. The van der Waals surface area contributed by atoms with Gasteiger partial charge in [-0.2, -0.15) is 5.10 Å². The Hall–Kier alpha value is -4.02. The van der Waals surface area contributed by atoms with Crippen LogP contribution >= 0.6 is 0 Å². The number of aromatic nitrogens is 2. The van der Waals surface area contributed by atoms with Crippen molar-refractivity contribution in [3.63, 3.8) is 0 Å². The number of likely N-dealkylation sites (tertiary alicyclic amines) is 1. The zero-order chi connectivity index (χ0) is 32.9. The monoisotopic (exact) mass is 624 g/mol. The van der Waals surface area contributed by atoms with Crippen molar-refractivity contribution in [3.8, 4) is 0 Å². The highest BCUT2D eigenvalue weighted by Crippen LogP contribution is 2.42. The number of halogens is 1. The zero-order valence-corrected chi connectivity index (χ0v) is 27.5. The van der Waals surface area contributed by atoms with E-state index in [2.05, 4.69) is 67.1 Å². The third kappa shape index (κ3) is 5.73. The standard InChI is InChI=1S/C34H36BFN4O4.C2H6/c1-32(2)33(3,4)44-35(43-32)23-10-12-24(13-11-23)40-20-34(21-40)15-16-39(19-34)31(42)27-17-22(9-14-28(27)36)18-29-25-7-5-6-8-26(25)30(41)38-37-29;1-2/h5-14,17H,15-16,18-21H2,1-4H3,(H,38,41);1-2H3. The predicted molar refractivity (Wildman–Crippen MR) is 180 cm³/mol. The minimum Gasteiger partial charge on any atom is -0.399 e. The van der Waals surface area contributed by atoms with Crippen molar-refractivity contribution in [1.29, 1.82) is 0 Å². The van der Waals surface area contributed by atoms with Gasteiger partial charge in [0.05, 0.1) is 27.8 Å². The molecule has 8 nitrogen and oxygen atoms in total. The first-order valence-corrected chi connectivity index (χ1v) is 16.2. The van der Waals surface area contributed by atoms with Crippen molar-refractivity contribution in [2.24, 2.45) is 5.41 Å². The SMILES string of the molecule is CC.CC1(C)OB(c2ccc(N3CC4(CCN(C(=O)c5cc(Cc6n[nH]c(=O)c7ccccc67)ccc5F)C4)C3)cc2)OC1(C)C. The highest BCUT2D eigenvalue weighted by Gasteiger charge is 2.52. The summed E-state index contributed by atoms with van der Waals surface area (Å²) in [6.07, 6.45) is 1.25. The lowest BCUT2D eigenvalue weighted by Crippen LogP contribution is -2.58. The van der Waals surface area contributed by atoms with Crippen LogP contribution in [-0.4, -0.2) is 65.5 Å². The van der Waals surface area contributed by atoms with Crippen LogP contribution in [0.15, 0.2) is 71.5 Å². The van der Waals surface area contributed by atoms with Gasteiger partial charge in [0.25, 0.3) is 11.5 Å². The number of carbonyl (C=O) groups is 1. The number of H-pyrrole nitrogens is 1. The summed E-state index contributed by atoms with van der Waals surface area (Å²) in [5, 5.41) is 8.08. The summed E-state index contributed by atoms with van der Waals surface area (Å²) in [5.41, 5.74) is 2.61. The number of rotatable bonds is 5. The maximum absolute atomic E-state index is 15.0. The summed E-state index contributed by atoms with van der Waals surface area (Å²) < 4.78 is 27.4. The summed E-state index contributed by atoms with van der Waals surface area (Å²) in [6.45, 7) is 15.1. The van der Waals surface area contributed by atoms with Gasteiger partial charge in [0.15, 0.2) is 0 Å². The van der Waals surface area contributed by atoms with E-state index in [1.807, 2.05) is 26.0 Å². The first-order chi connectivity index (χ1) is 21.9. The number of aromatic amines is 1. The number of hydrogen-bond donors (Lipinski definition) is 1. The Morgan fingerprint density at radius 2 is 1.59 bits per heavy atom. The van der Waals surface area contributed by atoms with Crippen LogP contribution in [0.4, 0.5) is 10.1 Å². The molecule has 3 aliphatic rings. The van der Waals surface area contributed by atoms with Gasteiger partial charge in [-0.25, -0.2) is 9.49 Å². The molecule has 0 aliphatic carbocycles. The second kappa shape index (κ2) is 12.0. The van der Waals surface area contributed by atoms with E-state index in [-0.39, 0.29) is 33.6 Å². The molecule has 1 spiro atoms. The van der Waals surface area contributed by atoms with Crippen molar-refractivity contribution >= 4 is 34.9 Å². The Morgan fingerprint density at radius 1 is 0.935 bits per heavy atom. The van der Waals surface area contributed by atoms with Crippen LogP contribution in [0.5, 0.6) is 0 Å². The highest BCUT2D eigenvalue weighted by atomic mass is 19.1. The smallest absolute Gasteiger partial charge is 0.399 e. The number of nitrogens with zero attached hydrogens (tertiary/aromatic N) is 3. The van der Waals surface area contributed by atoms with Gasteiger partial charge < -0.3 is 19.1 Å². The molecule has 0 radical (unpaired) electrons. The van der Waals surface area contributed by atoms with Crippen LogP contribution in [0.25, 0.3) is 10.8 Å². The van der Waals surface area contributed by atoms with Crippen molar-refractivity contribution < 1.29 is 18.5 Å². The molecular formula is C36H42BFN4O4. The molecule has 3 aliphatic heterocycles. The lowest BCUT2D eigenvalue weighted by atomic mass is 9.77. The number of hydrogen-bond acceptors (Lipinski definition) is 6. The molecular weight excluding hydrogens is 582 g/mol. The molecule has 1 N–H and O–H groups in total. The van der Waals surface area contributed by atoms with Crippen molar-refractivity contribution in [2.45, 2.75) is 65.6 Å². The minimum atomic E-state index is -0.531. The summed E-state index contributed by atoms with van der Waals surface area (Å²) in [4.78, 5) is 29.8. The molecule has 4 heterocycles. The Labute approximate surface area is 270 Å². The third-order valence-electron chi connectivity index (χ3n) is 9.97.